The molecular formula is C14H17BrF2N2O2. The van der Waals surface area contributed by atoms with Crippen LogP contribution in [0, 0.1) is 0 Å². The minimum absolute atomic E-state index is 0.0684. The molecule has 4 nitrogen and oxygen atoms in total. The first kappa shape index (κ1) is 16.2. The van der Waals surface area contributed by atoms with E-state index in [4.69, 9.17) is 0 Å². The maximum absolute atomic E-state index is 12.4. The minimum atomic E-state index is -2.83. The van der Waals surface area contributed by atoms with Gasteiger partial charge in [0.15, 0.2) is 0 Å². The van der Waals surface area contributed by atoms with Gasteiger partial charge in [0.1, 0.15) is 5.75 Å². The third-order valence-electron chi connectivity index (χ3n) is 3.45. The van der Waals surface area contributed by atoms with Gasteiger partial charge < -0.3 is 9.64 Å². The summed E-state index contributed by atoms with van der Waals surface area (Å²) in [5, 5.41) is 0. The Balaban J connectivity index is 2.02. The number of halogens is 3. The van der Waals surface area contributed by atoms with Gasteiger partial charge in [-0.05, 0) is 18.2 Å². The summed E-state index contributed by atoms with van der Waals surface area (Å²) < 4.78 is 30.2. The molecule has 7 heteroatoms. The lowest BCUT2D eigenvalue weighted by Gasteiger charge is -2.34. The van der Waals surface area contributed by atoms with Crippen LogP contribution in [0.5, 0.6) is 5.75 Å². The van der Waals surface area contributed by atoms with Crippen LogP contribution in [0.25, 0.3) is 0 Å². The normalized spacial score (nSPS) is 16.3. The summed E-state index contributed by atoms with van der Waals surface area (Å²) in [6.45, 7) is 2.01. The van der Waals surface area contributed by atoms with Crippen molar-refractivity contribution in [1.29, 1.82) is 0 Å². The predicted octanol–water partition coefficient (Wildman–Crippen LogP) is 2.71. The molecule has 0 saturated carbocycles. The molecule has 1 aromatic rings. The molecule has 1 fully saturated rings. The van der Waals surface area contributed by atoms with Crippen molar-refractivity contribution in [3.63, 3.8) is 0 Å². The number of carbonyl (C=O) groups is 1. The van der Waals surface area contributed by atoms with Crippen molar-refractivity contribution in [1.82, 2.24) is 9.80 Å². The zero-order chi connectivity index (χ0) is 15.4. The largest absolute Gasteiger partial charge is 0.434 e. The maximum Gasteiger partial charge on any atom is 0.387 e. The van der Waals surface area contributed by atoms with Gasteiger partial charge in [-0.25, -0.2) is 0 Å². The van der Waals surface area contributed by atoms with Gasteiger partial charge in [-0.2, -0.15) is 8.78 Å². The first-order valence-electron chi connectivity index (χ1n) is 6.67. The van der Waals surface area contributed by atoms with Crippen LogP contribution in [0.4, 0.5) is 8.78 Å². The summed E-state index contributed by atoms with van der Waals surface area (Å²) in [4.78, 5) is 15.2. The van der Waals surface area contributed by atoms with Gasteiger partial charge in [-0.1, -0.05) is 15.9 Å². The summed E-state index contributed by atoms with van der Waals surface area (Å²) in [5.41, 5.74) is 0.709. The zero-order valence-electron chi connectivity index (χ0n) is 11.7. The number of ether oxygens (including phenoxy) is 1. The lowest BCUT2D eigenvalue weighted by Crippen LogP contribution is -2.47. The highest BCUT2D eigenvalue weighted by Crippen LogP contribution is 2.26. The van der Waals surface area contributed by atoms with Crippen molar-refractivity contribution in [3.8, 4) is 5.75 Å². The zero-order valence-corrected chi connectivity index (χ0v) is 13.3. The Morgan fingerprint density at radius 1 is 1.33 bits per heavy atom. The fourth-order valence-electron chi connectivity index (χ4n) is 2.34. The average molecular weight is 363 g/mol. The second-order valence-electron chi connectivity index (χ2n) is 4.91. The van der Waals surface area contributed by atoms with Crippen LogP contribution in [0.1, 0.15) is 12.5 Å². The molecule has 1 aliphatic heterocycles. The van der Waals surface area contributed by atoms with Gasteiger partial charge in [-0.3, -0.25) is 9.69 Å². The van der Waals surface area contributed by atoms with Gasteiger partial charge >= 0.3 is 6.61 Å². The molecule has 21 heavy (non-hydrogen) atoms. The van der Waals surface area contributed by atoms with Crippen LogP contribution in [-0.2, 0) is 11.3 Å². The smallest absolute Gasteiger partial charge is 0.387 e. The fourth-order valence-corrected chi connectivity index (χ4v) is 2.75. The number of piperazine rings is 1. The van der Waals surface area contributed by atoms with E-state index in [1.54, 1.807) is 24.0 Å². The molecule has 0 radical (unpaired) electrons. The van der Waals surface area contributed by atoms with E-state index in [1.807, 2.05) is 0 Å². The van der Waals surface area contributed by atoms with E-state index in [2.05, 4.69) is 25.6 Å². The molecule has 0 unspecified atom stereocenters. The van der Waals surface area contributed by atoms with Crippen molar-refractivity contribution in [2.24, 2.45) is 0 Å². The second-order valence-corrected chi connectivity index (χ2v) is 5.83. The topological polar surface area (TPSA) is 32.8 Å². The Bertz CT molecular complexity index is 506. The summed E-state index contributed by atoms with van der Waals surface area (Å²) in [5.74, 6) is 0.265. The van der Waals surface area contributed by atoms with Crippen LogP contribution in [-0.4, -0.2) is 48.5 Å². The van der Waals surface area contributed by atoms with Crippen LogP contribution in [0.15, 0.2) is 22.7 Å². The number of benzene rings is 1. The third kappa shape index (κ3) is 4.64. The van der Waals surface area contributed by atoms with E-state index < -0.39 is 6.61 Å². The van der Waals surface area contributed by atoms with Gasteiger partial charge in [0.2, 0.25) is 5.91 Å². The van der Waals surface area contributed by atoms with Gasteiger partial charge in [0, 0.05) is 49.7 Å². The summed E-state index contributed by atoms with van der Waals surface area (Å²) in [6.07, 6.45) is 0. The minimum Gasteiger partial charge on any atom is -0.434 e. The third-order valence-corrected chi connectivity index (χ3v) is 3.94. The second kappa shape index (κ2) is 7.17. The van der Waals surface area contributed by atoms with Crippen molar-refractivity contribution >= 4 is 21.8 Å². The summed E-state index contributed by atoms with van der Waals surface area (Å²) in [6, 6.07) is 5.00. The average Bonchev–Trinajstić information content (AvgIpc) is 2.42. The SMILES string of the molecule is CC(=O)N1CCN(Cc2cc(Br)ccc2OC(F)F)CC1. The van der Waals surface area contributed by atoms with E-state index in [9.17, 15) is 13.6 Å². The number of hydrogen-bond donors (Lipinski definition) is 0. The Kier molecular flexibility index (Phi) is 5.52. The molecule has 0 N–H and O–H groups in total. The molecular weight excluding hydrogens is 346 g/mol. The lowest BCUT2D eigenvalue weighted by molar-refractivity contribution is -0.130. The van der Waals surface area contributed by atoms with Crippen LogP contribution in [0.3, 0.4) is 0 Å². The molecule has 0 atom stereocenters. The van der Waals surface area contributed by atoms with E-state index in [-0.39, 0.29) is 11.7 Å². The Morgan fingerprint density at radius 3 is 2.57 bits per heavy atom. The number of rotatable bonds is 4. The maximum atomic E-state index is 12.4. The molecule has 1 saturated heterocycles. The van der Waals surface area contributed by atoms with Gasteiger partial charge in [0.25, 0.3) is 0 Å². The highest BCUT2D eigenvalue weighted by molar-refractivity contribution is 9.10. The first-order chi connectivity index (χ1) is 9.95. The highest BCUT2D eigenvalue weighted by Gasteiger charge is 2.20. The van der Waals surface area contributed by atoms with Crippen LogP contribution in [0.2, 0.25) is 0 Å². The van der Waals surface area contributed by atoms with E-state index >= 15 is 0 Å². The molecule has 116 valence electrons. The quantitative estimate of drug-likeness (QED) is 0.825. The van der Waals surface area contributed by atoms with E-state index in [1.165, 1.54) is 6.07 Å². The van der Waals surface area contributed by atoms with E-state index in [0.29, 0.717) is 25.2 Å². The Labute approximate surface area is 130 Å². The van der Waals surface area contributed by atoms with Crippen molar-refractivity contribution in [2.75, 3.05) is 26.2 Å². The molecule has 0 spiro atoms. The fraction of sp³-hybridized carbons (Fsp3) is 0.500. The van der Waals surface area contributed by atoms with Gasteiger partial charge in [-0.15, -0.1) is 0 Å². The van der Waals surface area contributed by atoms with Crippen molar-refractivity contribution in [3.05, 3.63) is 28.2 Å². The Morgan fingerprint density at radius 2 is 2.00 bits per heavy atom. The molecule has 0 aliphatic carbocycles. The Hall–Kier alpha value is -1.21. The molecule has 1 heterocycles. The molecule has 0 aromatic heterocycles. The highest BCUT2D eigenvalue weighted by atomic mass is 79.9. The van der Waals surface area contributed by atoms with Crippen LogP contribution >= 0.6 is 15.9 Å². The molecule has 1 aromatic carbocycles. The van der Waals surface area contributed by atoms with Crippen LogP contribution < -0.4 is 4.74 Å². The number of amides is 1. The lowest BCUT2D eigenvalue weighted by atomic mass is 10.1. The number of nitrogens with zero attached hydrogens (tertiary/aromatic N) is 2. The number of carbonyl (C=O) groups excluding carboxylic acids is 1. The van der Waals surface area contributed by atoms with Crippen molar-refractivity contribution in [2.45, 2.75) is 20.1 Å². The summed E-state index contributed by atoms with van der Waals surface area (Å²) in [7, 11) is 0. The standard InChI is InChI=1S/C14H17BrF2N2O2/c1-10(20)19-6-4-18(5-7-19)9-11-8-12(15)2-3-13(11)21-14(16)17/h2-3,8,14H,4-7,9H2,1H3. The molecule has 1 aliphatic rings. The number of alkyl halides is 2. The monoisotopic (exact) mass is 362 g/mol. The predicted molar refractivity (Wildman–Crippen MR) is 78.3 cm³/mol. The van der Waals surface area contributed by atoms with Gasteiger partial charge in [0.05, 0.1) is 0 Å². The molecule has 1 amide bonds. The molecule has 2 rings (SSSR count). The van der Waals surface area contributed by atoms with Crippen molar-refractivity contribution < 1.29 is 18.3 Å². The first-order valence-corrected chi connectivity index (χ1v) is 7.46. The van der Waals surface area contributed by atoms with E-state index in [0.717, 1.165) is 17.6 Å². The molecule has 0 bridgehead atoms. The summed E-state index contributed by atoms with van der Waals surface area (Å²) >= 11 is 3.34. The number of hydrogen-bond acceptors (Lipinski definition) is 3.